The van der Waals surface area contributed by atoms with Gasteiger partial charge in [0.25, 0.3) is 0 Å². The minimum absolute atomic E-state index is 0.00505. The van der Waals surface area contributed by atoms with Crippen LogP contribution in [0.15, 0.2) is 47.4 Å². The Labute approximate surface area is 171 Å². The van der Waals surface area contributed by atoms with Gasteiger partial charge in [-0.05, 0) is 62.4 Å². The van der Waals surface area contributed by atoms with Crippen LogP contribution in [0.1, 0.15) is 42.1 Å². The van der Waals surface area contributed by atoms with Crippen molar-refractivity contribution >= 4 is 27.4 Å². The zero-order chi connectivity index (χ0) is 21.4. The molecular weight excluding hydrogens is 392 g/mol. The SMILES string of the molecule is CCCOc1ccc(C(=O)CCC(=O)Nc2ccc(C)c(S(=O)(=O)NC)c2)cc1. The first kappa shape index (κ1) is 22.6. The summed E-state index contributed by atoms with van der Waals surface area (Å²) in [7, 11) is -2.30. The van der Waals surface area contributed by atoms with Gasteiger partial charge in [-0.3, -0.25) is 9.59 Å². The van der Waals surface area contributed by atoms with Crippen LogP contribution in [0.4, 0.5) is 5.69 Å². The van der Waals surface area contributed by atoms with E-state index in [0.717, 1.165) is 6.42 Å². The van der Waals surface area contributed by atoms with Gasteiger partial charge in [-0.2, -0.15) is 0 Å². The van der Waals surface area contributed by atoms with E-state index in [4.69, 9.17) is 4.74 Å². The average molecular weight is 419 g/mol. The second-order valence-electron chi connectivity index (χ2n) is 6.53. The Hall–Kier alpha value is -2.71. The van der Waals surface area contributed by atoms with E-state index in [1.165, 1.54) is 13.1 Å². The van der Waals surface area contributed by atoms with Gasteiger partial charge < -0.3 is 10.1 Å². The molecule has 0 unspecified atom stereocenters. The van der Waals surface area contributed by atoms with Crippen LogP contribution in [0.3, 0.4) is 0 Å². The van der Waals surface area contributed by atoms with Gasteiger partial charge in [0.1, 0.15) is 5.75 Å². The lowest BCUT2D eigenvalue weighted by Crippen LogP contribution is -2.20. The lowest BCUT2D eigenvalue weighted by molar-refractivity contribution is -0.116. The summed E-state index contributed by atoms with van der Waals surface area (Å²) in [6, 6.07) is 11.5. The van der Waals surface area contributed by atoms with Crippen molar-refractivity contribution in [2.24, 2.45) is 0 Å². The monoisotopic (exact) mass is 418 g/mol. The molecule has 0 saturated heterocycles. The third kappa shape index (κ3) is 6.40. The van der Waals surface area contributed by atoms with Gasteiger partial charge in [0.15, 0.2) is 5.78 Å². The van der Waals surface area contributed by atoms with E-state index in [9.17, 15) is 18.0 Å². The molecule has 0 saturated carbocycles. The van der Waals surface area contributed by atoms with E-state index < -0.39 is 10.0 Å². The van der Waals surface area contributed by atoms with Crippen LogP contribution in [0.2, 0.25) is 0 Å². The summed E-state index contributed by atoms with van der Waals surface area (Å²) in [6.07, 6.45) is 0.947. The number of rotatable bonds is 10. The average Bonchev–Trinajstić information content (AvgIpc) is 2.72. The number of nitrogens with one attached hydrogen (secondary N) is 2. The van der Waals surface area contributed by atoms with Crippen LogP contribution in [-0.4, -0.2) is 33.8 Å². The van der Waals surface area contributed by atoms with Crippen molar-refractivity contribution < 1.29 is 22.7 Å². The number of ether oxygens (including phenoxy) is 1. The van der Waals surface area contributed by atoms with Gasteiger partial charge in [0, 0.05) is 24.1 Å². The highest BCUT2D eigenvalue weighted by molar-refractivity contribution is 7.89. The maximum Gasteiger partial charge on any atom is 0.240 e. The molecule has 156 valence electrons. The maximum atomic E-state index is 12.3. The van der Waals surface area contributed by atoms with Gasteiger partial charge in [-0.25, -0.2) is 13.1 Å². The van der Waals surface area contributed by atoms with Gasteiger partial charge in [-0.1, -0.05) is 13.0 Å². The van der Waals surface area contributed by atoms with Crippen molar-refractivity contribution in [2.75, 3.05) is 19.0 Å². The first-order valence-corrected chi connectivity index (χ1v) is 10.8. The molecule has 0 fully saturated rings. The van der Waals surface area contributed by atoms with Crippen LogP contribution in [0.5, 0.6) is 5.75 Å². The number of carbonyl (C=O) groups is 2. The van der Waals surface area contributed by atoms with Crippen molar-refractivity contribution in [2.45, 2.75) is 38.0 Å². The third-order valence-corrected chi connectivity index (χ3v) is 5.81. The summed E-state index contributed by atoms with van der Waals surface area (Å²) >= 11 is 0. The van der Waals surface area contributed by atoms with Crippen molar-refractivity contribution in [1.82, 2.24) is 4.72 Å². The Morgan fingerprint density at radius 3 is 2.34 bits per heavy atom. The minimum Gasteiger partial charge on any atom is -0.494 e. The number of hydrogen-bond acceptors (Lipinski definition) is 5. The van der Waals surface area contributed by atoms with E-state index in [2.05, 4.69) is 10.0 Å². The topological polar surface area (TPSA) is 102 Å². The number of sulfonamides is 1. The smallest absolute Gasteiger partial charge is 0.240 e. The van der Waals surface area contributed by atoms with Crippen molar-refractivity contribution in [3.05, 3.63) is 53.6 Å². The lowest BCUT2D eigenvalue weighted by atomic mass is 10.1. The van der Waals surface area contributed by atoms with Crippen LogP contribution in [0.25, 0.3) is 0 Å². The van der Waals surface area contributed by atoms with Crippen LogP contribution >= 0.6 is 0 Å². The molecule has 0 aliphatic carbocycles. The molecule has 0 bridgehead atoms. The second-order valence-corrected chi connectivity index (χ2v) is 8.39. The molecule has 7 nitrogen and oxygen atoms in total. The largest absolute Gasteiger partial charge is 0.494 e. The molecule has 1 amide bonds. The molecule has 2 rings (SSSR count). The number of aryl methyl sites for hydroxylation is 1. The zero-order valence-electron chi connectivity index (χ0n) is 16.8. The molecule has 2 aromatic rings. The predicted octanol–water partition coefficient (Wildman–Crippen LogP) is 3.29. The molecule has 0 aliphatic rings. The van der Waals surface area contributed by atoms with Gasteiger partial charge in [0.05, 0.1) is 11.5 Å². The van der Waals surface area contributed by atoms with E-state index in [0.29, 0.717) is 29.2 Å². The minimum atomic E-state index is -3.62. The Balaban J connectivity index is 1.94. The van der Waals surface area contributed by atoms with Crippen LogP contribution < -0.4 is 14.8 Å². The van der Waals surface area contributed by atoms with Crippen LogP contribution in [0, 0.1) is 6.92 Å². The Kier molecular flexibility index (Phi) is 7.92. The number of amides is 1. The summed E-state index contributed by atoms with van der Waals surface area (Å²) in [5.41, 5.74) is 1.44. The molecule has 0 radical (unpaired) electrons. The maximum absolute atomic E-state index is 12.3. The quantitative estimate of drug-likeness (QED) is 0.577. The Morgan fingerprint density at radius 1 is 1.03 bits per heavy atom. The molecular formula is C21H26N2O5S. The molecule has 0 aromatic heterocycles. The Bertz CT molecular complexity index is 969. The van der Waals surface area contributed by atoms with Crippen molar-refractivity contribution in [3.63, 3.8) is 0 Å². The molecule has 0 atom stereocenters. The first-order valence-electron chi connectivity index (χ1n) is 9.37. The van der Waals surface area contributed by atoms with Crippen molar-refractivity contribution in [3.8, 4) is 5.75 Å². The highest BCUT2D eigenvalue weighted by Crippen LogP contribution is 2.20. The predicted molar refractivity (Wildman–Crippen MR) is 112 cm³/mol. The van der Waals surface area contributed by atoms with Gasteiger partial charge in [-0.15, -0.1) is 0 Å². The number of carbonyl (C=O) groups excluding carboxylic acids is 2. The fourth-order valence-corrected chi connectivity index (χ4v) is 3.62. The molecule has 2 N–H and O–H groups in total. The number of Topliss-reactive ketones (excluding diaryl/α,β-unsaturated/α-hetero) is 1. The fraction of sp³-hybridized carbons (Fsp3) is 0.333. The molecule has 2 aromatic carbocycles. The van der Waals surface area contributed by atoms with E-state index in [-0.39, 0.29) is 29.4 Å². The summed E-state index contributed by atoms with van der Waals surface area (Å²) < 4.78 is 31.8. The van der Waals surface area contributed by atoms with E-state index >= 15 is 0 Å². The molecule has 8 heteroatoms. The van der Waals surface area contributed by atoms with Gasteiger partial charge >= 0.3 is 0 Å². The fourth-order valence-electron chi connectivity index (χ4n) is 2.63. The molecule has 0 spiro atoms. The molecule has 29 heavy (non-hydrogen) atoms. The highest BCUT2D eigenvalue weighted by atomic mass is 32.2. The normalized spacial score (nSPS) is 11.1. The molecule has 0 aliphatic heterocycles. The van der Waals surface area contributed by atoms with Crippen molar-refractivity contribution in [1.29, 1.82) is 0 Å². The summed E-state index contributed by atoms with van der Waals surface area (Å²) in [5, 5.41) is 2.64. The summed E-state index contributed by atoms with van der Waals surface area (Å²) in [6.45, 7) is 4.30. The second kappa shape index (κ2) is 10.2. The van der Waals surface area contributed by atoms with E-state index in [1.807, 2.05) is 6.92 Å². The number of benzene rings is 2. The third-order valence-electron chi connectivity index (χ3n) is 4.26. The number of anilines is 1. The summed E-state index contributed by atoms with van der Waals surface area (Å²) in [5.74, 6) is 0.190. The lowest BCUT2D eigenvalue weighted by Gasteiger charge is -2.10. The highest BCUT2D eigenvalue weighted by Gasteiger charge is 2.16. The number of ketones is 1. The van der Waals surface area contributed by atoms with E-state index in [1.54, 1.807) is 43.3 Å². The van der Waals surface area contributed by atoms with Gasteiger partial charge in [0.2, 0.25) is 15.9 Å². The van der Waals surface area contributed by atoms with Crippen LogP contribution in [-0.2, 0) is 14.8 Å². The summed E-state index contributed by atoms with van der Waals surface area (Å²) in [4.78, 5) is 24.6. The standard InChI is InChI=1S/C21H26N2O5S/c1-4-13-28-18-9-6-16(7-10-18)19(24)11-12-21(25)23-17-8-5-15(2)20(14-17)29(26,27)22-3/h5-10,14,22H,4,11-13H2,1-3H3,(H,23,25). The number of hydrogen-bond donors (Lipinski definition) is 2. The molecule has 0 heterocycles. The first-order chi connectivity index (χ1) is 13.8. The zero-order valence-corrected chi connectivity index (χ0v) is 17.6. The Morgan fingerprint density at radius 2 is 1.72 bits per heavy atom.